The van der Waals surface area contributed by atoms with Crippen LogP contribution in [0.25, 0.3) is 0 Å². The van der Waals surface area contributed by atoms with Crippen molar-refractivity contribution in [1.29, 1.82) is 0 Å². The van der Waals surface area contributed by atoms with Crippen LogP contribution in [0.15, 0.2) is 22.6 Å². The second kappa shape index (κ2) is 23.3. The molecule has 0 saturated heterocycles. The van der Waals surface area contributed by atoms with Gasteiger partial charge in [-0.25, -0.2) is 44.9 Å². The molecule has 4 amide bonds. The van der Waals surface area contributed by atoms with Crippen LogP contribution in [0.4, 0.5) is 46.5 Å². The van der Waals surface area contributed by atoms with Crippen LogP contribution in [0.2, 0.25) is 0 Å². The van der Waals surface area contributed by atoms with E-state index in [4.69, 9.17) is 0 Å². The van der Waals surface area contributed by atoms with Gasteiger partial charge in [0, 0.05) is 21.9 Å². The van der Waals surface area contributed by atoms with E-state index in [2.05, 4.69) is 56.6 Å². The minimum atomic E-state index is -1.75. The zero-order valence-electron chi connectivity index (χ0n) is 34.4. The normalized spacial score (nSPS) is 14.1. The van der Waals surface area contributed by atoms with E-state index in [9.17, 15) is 54.3 Å². The number of unbranched alkanes of at least 4 members (excludes halogenated alkanes) is 2. The van der Waals surface area contributed by atoms with Gasteiger partial charge in [-0.05, 0) is 69.4 Å². The SMILES string of the molecule is CCCCC(CC)CCc1c(F)c(F)c(N2C(=O)c3c(Br)sc(Br)c3C2=O)c(F)c1F.CCCCC(CC)CCc1c(F)c(F)c(N2C(=O)c3cscc3C2=O)c(F)c1F.[B]=NS. The van der Waals surface area contributed by atoms with Crippen molar-refractivity contribution in [3.05, 3.63) is 98.3 Å². The summed E-state index contributed by atoms with van der Waals surface area (Å²) in [6.45, 7) is 7.99. The van der Waals surface area contributed by atoms with Crippen molar-refractivity contribution < 1.29 is 54.3 Å². The molecule has 339 valence electrons. The molecule has 7 nitrogen and oxygen atoms in total. The van der Waals surface area contributed by atoms with Crippen molar-refractivity contribution in [2.75, 3.05) is 9.80 Å². The number of anilines is 2. The molecule has 4 heterocycles. The average molecular weight is 1070 g/mol. The number of nitrogens with zero attached hydrogens (tertiary/aromatic N) is 3. The number of halogens is 10. The summed E-state index contributed by atoms with van der Waals surface area (Å²) in [6, 6.07) is 0. The fraction of sp³-hybridized carbons (Fsp3) is 0.429. The van der Waals surface area contributed by atoms with Gasteiger partial charge < -0.3 is 0 Å². The zero-order valence-corrected chi connectivity index (χ0v) is 40.1. The standard InChI is InChI=1S/C21H19Br2F4NO2S.C21H21F4NO2S.BHNS/c1-3-5-6-9(4-2)7-8-10-13(24)15(26)17(16(27)14(10)25)28-20(29)11-12(21(28)30)19(23)31-18(11)22;1-3-5-6-11(4-2)7-8-12-15(22)17(24)19(18(25)16(12)23)26-20(27)13-9-29-10-14(13)21(26)28;1-2-3/h9H,3-8H2,1-2H3;9-11H,3-8H2,1-2H3;3H. The molecular formula is C42H41BBr2F8N3O4S3. The predicted molar refractivity (Wildman–Crippen MR) is 239 cm³/mol. The van der Waals surface area contributed by atoms with Gasteiger partial charge in [0.05, 0.1) is 29.8 Å². The van der Waals surface area contributed by atoms with Crippen LogP contribution in [-0.2, 0) is 12.8 Å². The molecule has 0 spiro atoms. The number of carbonyl (C=O) groups is 4. The van der Waals surface area contributed by atoms with Crippen molar-refractivity contribution >= 4 is 110 Å². The fourth-order valence-corrected chi connectivity index (χ4v) is 11.3. The topological polar surface area (TPSA) is 87.1 Å². The van der Waals surface area contributed by atoms with Gasteiger partial charge in [-0.15, -0.1) is 11.3 Å². The van der Waals surface area contributed by atoms with Crippen molar-refractivity contribution in [1.82, 2.24) is 0 Å². The van der Waals surface area contributed by atoms with Crippen LogP contribution >= 0.6 is 67.3 Å². The second-order valence-corrected chi connectivity index (χ2v) is 19.3. The van der Waals surface area contributed by atoms with Crippen molar-refractivity contribution in [2.45, 2.75) is 105 Å². The number of rotatable bonds is 16. The van der Waals surface area contributed by atoms with Gasteiger partial charge in [-0.2, -0.15) is 11.3 Å². The van der Waals surface area contributed by atoms with Crippen molar-refractivity contribution in [3.63, 3.8) is 0 Å². The van der Waals surface area contributed by atoms with Crippen LogP contribution < -0.4 is 9.80 Å². The maximum atomic E-state index is 14.9. The number of amides is 4. The van der Waals surface area contributed by atoms with Gasteiger partial charge in [0.25, 0.3) is 23.6 Å². The molecular weight excluding hydrogens is 1030 g/mol. The van der Waals surface area contributed by atoms with Crippen molar-refractivity contribution in [2.24, 2.45) is 16.1 Å². The van der Waals surface area contributed by atoms with Crippen LogP contribution in [0, 0.1) is 58.4 Å². The Labute approximate surface area is 390 Å². The summed E-state index contributed by atoms with van der Waals surface area (Å²) in [5.41, 5.74) is -4.29. The first-order valence-corrected chi connectivity index (χ1v) is 23.7. The molecule has 2 atom stereocenters. The van der Waals surface area contributed by atoms with Crippen LogP contribution in [-0.4, -0.2) is 31.3 Å². The maximum absolute atomic E-state index is 14.9. The molecule has 21 heteroatoms. The number of carbonyl (C=O) groups excluding carboxylic acids is 4. The molecule has 0 fully saturated rings. The zero-order chi connectivity index (χ0) is 47.0. The van der Waals surface area contributed by atoms with E-state index in [1.807, 2.05) is 27.7 Å². The Balaban J connectivity index is 0.000000261. The van der Waals surface area contributed by atoms with Gasteiger partial charge in [-0.1, -0.05) is 79.1 Å². The molecule has 2 aromatic heterocycles. The van der Waals surface area contributed by atoms with Gasteiger partial charge in [0.15, 0.2) is 46.5 Å². The fourth-order valence-electron chi connectivity index (χ4n) is 7.39. The molecule has 0 N–H and O–H groups in total. The first-order chi connectivity index (χ1) is 29.9. The first kappa shape index (κ1) is 52.4. The molecule has 63 heavy (non-hydrogen) atoms. The van der Waals surface area contributed by atoms with Crippen molar-refractivity contribution in [3.8, 4) is 0 Å². The molecule has 0 saturated carbocycles. The Morgan fingerprint density at radius 3 is 1.21 bits per heavy atom. The molecule has 4 aromatic rings. The number of imide groups is 2. The van der Waals surface area contributed by atoms with E-state index in [-0.39, 0.29) is 64.3 Å². The molecule has 2 aromatic carbocycles. The summed E-state index contributed by atoms with van der Waals surface area (Å²) in [4.78, 5) is 50.4. The quantitative estimate of drug-likeness (QED) is 0.0398. The van der Waals surface area contributed by atoms with Crippen LogP contribution in [0.5, 0.6) is 0 Å². The Hall–Kier alpha value is -3.27. The first-order valence-electron chi connectivity index (χ1n) is 19.9. The number of fused-ring (bicyclic) bond motifs is 2. The van der Waals surface area contributed by atoms with Gasteiger partial charge in [-0.3, -0.25) is 19.2 Å². The summed E-state index contributed by atoms with van der Waals surface area (Å²) >= 11 is 11.6. The molecule has 0 bridgehead atoms. The Morgan fingerprint density at radius 2 is 0.905 bits per heavy atom. The summed E-state index contributed by atoms with van der Waals surface area (Å²) in [5.74, 6) is -17.0. The van der Waals surface area contributed by atoms with E-state index in [0.717, 1.165) is 74.0 Å². The number of hydrogen-bond acceptors (Lipinski definition) is 8. The molecule has 2 aliphatic rings. The minimum absolute atomic E-state index is 0.0367. The number of benzene rings is 2. The third kappa shape index (κ3) is 10.7. The molecule has 6 rings (SSSR count). The summed E-state index contributed by atoms with van der Waals surface area (Å²) in [7, 11) is 4.34. The van der Waals surface area contributed by atoms with E-state index >= 15 is 0 Å². The monoisotopic (exact) mass is 1070 g/mol. The van der Waals surface area contributed by atoms with Crippen LogP contribution in [0.1, 0.15) is 144 Å². The van der Waals surface area contributed by atoms with E-state index < -0.39 is 92.7 Å². The molecule has 0 aliphatic carbocycles. The van der Waals surface area contributed by atoms with Gasteiger partial charge in [0.2, 0.25) is 0 Å². The number of hydrogen-bond donors (Lipinski definition) is 1. The molecule has 2 aliphatic heterocycles. The van der Waals surface area contributed by atoms with E-state index in [0.29, 0.717) is 12.8 Å². The van der Waals surface area contributed by atoms with Crippen LogP contribution in [0.3, 0.4) is 0 Å². The summed E-state index contributed by atoms with van der Waals surface area (Å²) in [6.07, 6.45) is 7.63. The van der Waals surface area contributed by atoms with E-state index in [1.165, 1.54) is 10.8 Å². The van der Waals surface area contributed by atoms with E-state index in [1.54, 1.807) is 0 Å². The Kier molecular flexibility index (Phi) is 19.3. The second-order valence-electron chi connectivity index (χ2n) is 14.7. The van der Waals surface area contributed by atoms with Gasteiger partial charge in [0.1, 0.15) is 11.4 Å². The van der Waals surface area contributed by atoms with Gasteiger partial charge >= 0.3 is 24.8 Å². The third-order valence-electron chi connectivity index (χ3n) is 11.0. The predicted octanol–water partition coefficient (Wildman–Crippen LogP) is 14.2. The molecule has 1 radical (unpaired) electrons. The average Bonchev–Trinajstić information content (AvgIpc) is 3.99. The summed E-state index contributed by atoms with van der Waals surface area (Å²) < 4.78 is 121. The number of thiol groups is 1. The Bertz CT molecular complexity index is 2280. The third-order valence-corrected chi connectivity index (χ3v) is 14.3. The Morgan fingerprint density at radius 1 is 0.587 bits per heavy atom. The molecule has 2 unspecified atom stereocenters. The summed E-state index contributed by atoms with van der Waals surface area (Å²) in [5, 5.41) is 2.71. The number of thiophene rings is 2.